The molecule has 1 heterocycles. The molecule has 4 N–H and O–H groups in total. The summed E-state index contributed by atoms with van der Waals surface area (Å²) in [7, 11) is 0. The van der Waals surface area contributed by atoms with Crippen LogP contribution in [0.2, 0.25) is 0 Å². The van der Waals surface area contributed by atoms with Crippen LogP contribution >= 0.6 is 0 Å². The van der Waals surface area contributed by atoms with Crippen LogP contribution in [0.3, 0.4) is 0 Å². The summed E-state index contributed by atoms with van der Waals surface area (Å²) in [5.74, 6) is 0. The smallest absolute Gasteiger partial charge is 0.184 e. The van der Waals surface area contributed by atoms with Crippen LogP contribution < -0.4 is 0 Å². The van der Waals surface area contributed by atoms with Gasteiger partial charge < -0.3 is 25.2 Å². The Labute approximate surface area is 68.0 Å². The number of aliphatic hydroxyl groups excluding tert-OH is 4. The second kappa shape index (κ2) is 3.63. The van der Waals surface area contributed by atoms with Crippen molar-refractivity contribution < 1.29 is 29.6 Å². The molecule has 0 spiro atoms. The first-order valence-electron chi connectivity index (χ1n) is 3.52. The summed E-state index contributed by atoms with van der Waals surface area (Å²) >= 11 is 0. The Morgan fingerprint density at radius 3 is 2.25 bits per heavy atom. The van der Waals surface area contributed by atoms with Crippen molar-refractivity contribution >= 4 is 0 Å². The van der Waals surface area contributed by atoms with Gasteiger partial charge >= 0.3 is 0 Å². The first kappa shape index (κ1) is 9.82. The van der Waals surface area contributed by atoms with Crippen molar-refractivity contribution in [2.75, 3.05) is 6.61 Å². The van der Waals surface area contributed by atoms with Crippen molar-refractivity contribution in [2.24, 2.45) is 0 Å². The molecule has 1 rings (SSSR count). The highest BCUT2D eigenvalue weighted by molar-refractivity contribution is 4.88. The van der Waals surface area contributed by atoms with E-state index in [0.29, 0.717) is 0 Å². The van der Waals surface area contributed by atoms with Gasteiger partial charge in [0.25, 0.3) is 0 Å². The quantitative estimate of drug-likeness (QED) is 0.368. The first-order valence-corrected chi connectivity index (χ1v) is 3.52. The lowest BCUT2D eigenvalue weighted by Gasteiger charge is -2.36. The van der Waals surface area contributed by atoms with Crippen molar-refractivity contribution in [1.29, 1.82) is 0 Å². The molecule has 1 aliphatic heterocycles. The third-order valence-corrected chi connectivity index (χ3v) is 1.82. The third-order valence-electron chi connectivity index (χ3n) is 1.82. The minimum absolute atomic E-state index is 0.651. The lowest BCUT2D eigenvalue weighted by Crippen LogP contribution is -2.56. The van der Waals surface area contributed by atoms with Crippen molar-refractivity contribution in [3.8, 4) is 0 Å². The molecule has 12 heavy (non-hydrogen) atoms. The Morgan fingerprint density at radius 2 is 1.75 bits per heavy atom. The molecule has 1 fully saturated rings. The highest BCUT2D eigenvalue weighted by Crippen LogP contribution is 2.21. The maximum atomic E-state index is 12.9. The molecule has 0 saturated carbocycles. The summed E-state index contributed by atoms with van der Waals surface area (Å²) in [5.41, 5.74) is 0. The van der Waals surface area contributed by atoms with Crippen LogP contribution in [0.5, 0.6) is 0 Å². The molecular weight excluding hydrogens is 171 g/mol. The average molecular weight is 182 g/mol. The van der Waals surface area contributed by atoms with Crippen LogP contribution in [0.15, 0.2) is 0 Å². The monoisotopic (exact) mass is 182 g/mol. The summed E-state index contributed by atoms with van der Waals surface area (Å²) in [6.07, 6.45) is -8.19. The molecule has 72 valence electrons. The van der Waals surface area contributed by atoms with Crippen molar-refractivity contribution in [3.63, 3.8) is 0 Å². The maximum absolute atomic E-state index is 12.9. The summed E-state index contributed by atoms with van der Waals surface area (Å²) in [6, 6.07) is 0. The standard InChI is InChI=1S/C6H11FO5/c7-3-2(1-8)12-6(11)5(10)4(3)9/h2-6,8-11H,1H2/t2-,3+,4+,5+,6-/m0/s1. The van der Waals surface area contributed by atoms with Gasteiger partial charge in [-0.1, -0.05) is 0 Å². The van der Waals surface area contributed by atoms with E-state index in [9.17, 15) is 4.39 Å². The molecule has 0 aromatic heterocycles. The van der Waals surface area contributed by atoms with E-state index in [1.807, 2.05) is 0 Å². The number of rotatable bonds is 1. The molecule has 0 amide bonds. The fourth-order valence-corrected chi connectivity index (χ4v) is 1.06. The average Bonchev–Trinajstić information content (AvgIpc) is 2.08. The zero-order valence-corrected chi connectivity index (χ0v) is 6.17. The van der Waals surface area contributed by atoms with Gasteiger partial charge in [-0.05, 0) is 0 Å². The molecule has 0 aromatic rings. The Kier molecular flexibility index (Phi) is 2.97. The Hall–Kier alpha value is -0.270. The van der Waals surface area contributed by atoms with Crippen LogP contribution in [0.4, 0.5) is 4.39 Å². The van der Waals surface area contributed by atoms with Gasteiger partial charge in [0.05, 0.1) is 6.61 Å². The third kappa shape index (κ3) is 1.57. The molecule has 1 aliphatic rings. The summed E-state index contributed by atoms with van der Waals surface area (Å²) in [6.45, 7) is -0.651. The van der Waals surface area contributed by atoms with Crippen LogP contribution in [-0.2, 0) is 4.74 Å². The van der Waals surface area contributed by atoms with E-state index >= 15 is 0 Å². The normalized spacial score (nSPS) is 49.2. The molecular formula is C6H11FO5. The number of alkyl halides is 1. The van der Waals surface area contributed by atoms with Crippen LogP contribution in [0.25, 0.3) is 0 Å². The number of hydrogen-bond donors (Lipinski definition) is 4. The molecule has 6 heteroatoms. The molecule has 5 atom stereocenters. The second-order valence-electron chi connectivity index (χ2n) is 2.67. The minimum atomic E-state index is -1.88. The van der Waals surface area contributed by atoms with E-state index in [2.05, 4.69) is 4.74 Å². The molecule has 1 saturated heterocycles. The Bertz CT molecular complexity index is 150. The molecule has 5 nitrogen and oxygen atoms in total. The number of halogens is 1. The van der Waals surface area contributed by atoms with Gasteiger partial charge in [0.2, 0.25) is 0 Å². The lowest BCUT2D eigenvalue weighted by molar-refractivity contribution is -0.274. The molecule has 0 aliphatic carbocycles. The van der Waals surface area contributed by atoms with E-state index < -0.39 is 37.4 Å². The zero-order valence-electron chi connectivity index (χ0n) is 6.17. The molecule has 0 unspecified atom stereocenters. The van der Waals surface area contributed by atoms with Gasteiger partial charge in [0, 0.05) is 0 Å². The molecule has 0 radical (unpaired) electrons. The predicted molar refractivity (Wildman–Crippen MR) is 34.9 cm³/mol. The summed E-state index contributed by atoms with van der Waals surface area (Å²) in [5, 5.41) is 35.2. The van der Waals surface area contributed by atoms with Gasteiger partial charge in [-0.15, -0.1) is 0 Å². The van der Waals surface area contributed by atoms with Crippen LogP contribution in [0, 0.1) is 0 Å². The first-order chi connectivity index (χ1) is 5.57. The van der Waals surface area contributed by atoms with E-state index in [4.69, 9.17) is 20.4 Å². The second-order valence-corrected chi connectivity index (χ2v) is 2.67. The molecule has 0 bridgehead atoms. The van der Waals surface area contributed by atoms with Crippen molar-refractivity contribution in [2.45, 2.75) is 30.8 Å². The topological polar surface area (TPSA) is 90.2 Å². The predicted octanol–water partition coefficient (Wildman–Crippen LogP) is -2.24. The highest BCUT2D eigenvalue weighted by atomic mass is 19.1. The van der Waals surface area contributed by atoms with Gasteiger partial charge in [-0.2, -0.15) is 0 Å². The number of ether oxygens (including phenoxy) is 1. The van der Waals surface area contributed by atoms with Crippen LogP contribution in [0.1, 0.15) is 0 Å². The SMILES string of the molecule is OC[C@@H]1O[C@H](O)[C@H](O)[C@H](O)[C@@H]1F. The van der Waals surface area contributed by atoms with Crippen molar-refractivity contribution in [1.82, 2.24) is 0 Å². The Morgan fingerprint density at radius 1 is 1.17 bits per heavy atom. The van der Waals surface area contributed by atoms with E-state index in [0.717, 1.165) is 0 Å². The zero-order chi connectivity index (χ0) is 9.30. The maximum Gasteiger partial charge on any atom is 0.184 e. The van der Waals surface area contributed by atoms with Crippen molar-refractivity contribution in [3.05, 3.63) is 0 Å². The number of aliphatic hydroxyl groups is 4. The van der Waals surface area contributed by atoms with Gasteiger partial charge in [-0.3, -0.25) is 0 Å². The van der Waals surface area contributed by atoms with Gasteiger partial charge in [-0.25, -0.2) is 4.39 Å². The molecule has 0 aromatic carbocycles. The van der Waals surface area contributed by atoms with E-state index in [1.54, 1.807) is 0 Å². The van der Waals surface area contributed by atoms with E-state index in [-0.39, 0.29) is 0 Å². The van der Waals surface area contributed by atoms with E-state index in [1.165, 1.54) is 0 Å². The highest BCUT2D eigenvalue weighted by Gasteiger charge is 2.43. The fourth-order valence-electron chi connectivity index (χ4n) is 1.06. The Balaban J connectivity index is 2.63. The minimum Gasteiger partial charge on any atom is -0.394 e. The largest absolute Gasteiger partial charge is 0.394 e. The summed E-state index contributed by atoms with van der Waals surface area (Å²) in [4.78, 5) is 0. The van der Waals surface area contributed by atoms with Gasteiger partial charge in [0.1, 0.15) is 18.3 Å². The lowest BCUT2D eigenvalue weighted by atomic mass is 10.0. The summed E-state index contributed by atoms with van der Waals surface area (Å²) < 4.78 is 17.3. The fraction of sp³-hybridized carbons (Fsp3) is 1.00. The van der Waals surface area contributed by atoms with Gasteiger partial charge in [0.15, 0.2) is 12.5 Å². The number of hydrogen-bond acceptors (Lipinski definition) is 5. The van der Waals surface area contributed by atoms with Crippen LogP contribution in [-0.4, -0.2) is 57.8 Å².